The van der Waals surface area contributed by atoms with E-state index in [-0.39, 0.29) is 6.54 Å². The maximum atomic E-state index is 11.6. The number of carboxylic acids is 1. The molecule has 7 heteroatoms. The number of nitrogens with zero attached hydrogens (tertiary/aromatic N) is 1. The Balaban J connectivity index is 2.74. The van der Waals surface area contributed by atoms with Crippen molar-refractivity contribution in [3.8, 4) is 5.75 Å². The molecule has 1 heterocycles. The first-order valence-corrected chi connectivity index (χ1v) is 6.41. The van der Waals surface area contributed by atoms with Gasteiger partial charge in [-0.05, 0) is 32.4 Å². The number of hydrogen-bond donors (Lipinski definition) is 2. The molecule has 0 radical (unpaired) electrons. The van der Waals surface area contributed by atoms with Crippen molar-refractivity contribution in [2.75, 3.05) is 13.7 Å². The highest BCUT2D eigenvalue weighted by atomic mass is 16.6. The van der Waals surface area contributed by atoms with Crippen LogP contribution in [0.1, 0.15) is 32.3 Å². The molecule has 0 spiro atoms. The Hall–Kier alpha value is -2.31. The number of carbonyl (C=O) groups excluding carboxylic acids is 1. The van der Waals surface area contributed by atoms with Gasteiger partial charge in [0.25, 0.3) is 0 Å². The van der Waals surface area contributed by atoms with Crippen LogP contribution in [0.3, 0.4) is 0 Å². The van der Waals surface area contributed by atoms with Crippen LogP contribution in [0.5, 0.6) is 5.75 Å². The maximum Gasteiger partial charge on any atom is 0.407 e. The summed E-state index contributed by atoms with van der Waals surface area (Å²) < 4.78 is 10.1. The largest absolute Gasteiger partial charge is 0.495 e. The predicted octanol–water partition coefficient (Wildman–Crippen LogP) is 1.78. The molecule has 2 N–H and O–H groups in total. The third kappa shape index (κ3) is 5.68. The van der Waals surface area contributed by atoms with Crippen molar-refractivity contribution in [3.63, 3.8) is 0 Å². The summed E-state index contributed by atoms with van der Waals surface area (Å²) in [5.74, 6) is -1.54. The topological polar surface area (TPSA) is 97.8 Å². The van der Waals surface area contributed by atoms with Crippen molar-refractivity contribution in [2.24, 2.45) is 0 Å². The number of aromatic nitrogens is 1. The van der Waals surface area contributed by atoms with Crippen LogP contribution in [0.15, 0.2) is 18.5 Å². The average molecular weight is 296 g/mol. The molecule has 7 nitrogen and oxygen atoms in total. The zero-order valence-corrected chi connectivity index (χ0v) is 12.5. The van der Waals surface area contributed by atoms with E-state index in [0.29, 0.717) is 11.3 Å². The Morgan fingerprint density at radius 1 is 1.38 bits per heavy atom. The summed E-state index contributed by atoms with van der Waals surface area (Å²) in [4.78, 5) is 26.8. The molecule has 0 aliphatic heterocycles. The highest BCUT2D eigenvalue weighted by molar-refractivity contribution is 5.77. The van der Waals surface area contributed by atoms with E-state index in [1.807, 2.05) is 0 Å². The molecule has 116 valence electrons. The van der Waals surface area contributed by atoms with Crippen LogP contribution < -0.4 is 10.1 Å². The van der Waals surface area contributed by atoms with E-state index in [0.717, 1.165) is 0 Å². The van der Waals surface area contributed by atoms with E-state index in [4.69, 9.17) is 9.47 Å². The van der Waals surface area contributed by atoms with E-state index in [1.165, 1.54) is 19.5 Å². The maximum absolute atomic E-state index is 11.6. The molecule has 0 bridgehead atoms. The van der Waals surface area contributed by atoms with Crippen molar-refractivity contribution >= 4 is 12.1 Å². The Kier molecular flexibility index (Phi) is 5.52. The summed E-state index contributed by atoms with van der Waals surface area (Å²) >= 11 is 0. The van der Waals surface area contributed by atoms with Gasteiger partial charge in [-0.25, -0.2) is 4.79 Å². The van der Waals surface area contributed by atoms with Crippen molar-refractivity contribution in [1.82, 2.24) is 10.3 Å². The van der Waals surface area contributed by atoms with Crippen molar-refractivity contribution < 1.29 is 24.2 Å². The van der Waals surface area contributed by atoms with Crippen LogP contribution in [0.25, 0.3) is 0 Å². The third-order valence-electron chi connectivity index (χ3n) is 2.52. The molecule has 1 amide bonds. The lowest BCUT2D eigenvalue weighted by Crippen LogP contribution is -2.36. The number of pyridine rings is 1. The normalized spacial score (nSPS) is 12.4. The Morgan fingerprint density at radius 3 is 2.57 bits per heavy atom. The monoisotopic (exact) mass is 296 g/mol. The van der Waals surface area contributed by atoms with Gasteiger partial charge < -0.3 is 19.9 Å². The van der Waals surface area contributed by atoms with Gasteiger partial charge in [0.15, 0.2) is 0 Å². The molecule has 0 fully saturated rings. The molecular weight excluding hydrogens is 276 g/mol. The van der Waals surface area contributed by atoms with Crippen LogP contribution in [0.4, 0.5) is 4.79 Å². The second kappa shape index (κ2) is 6.92. The van der Waals surface area contributed by atoms with Crippen LogP contribution >= 0.6 is 0 Å². The number of hydrogen-bond acceptors (Lipinski definition) is 5. The van der Waals surface area contributed by atoms with Gasteiger partial charge in [0.05, 0.1) is 13.3 Å². The molecule has 1 unspecified atom stereocenters. The van der Waals surface area contributed by atoms with E-state index < -0.39 is 23.6 Å². The van der Waals surface area contributed by atoms with Crippen LogP contribution in [-0.4, -0.2) is 41.4 Å². The minimum atomic E-state index is -1.07. The van der Waals surface area contributed by atoms with Crippen molar-refractivity contribution in [2.45, 2.75) is 32.3 Å². The first-order valence-electron chi connectivity index (χ1n) is 6.41. The summed E-state index contributed by atoms with van der Waals surface area (Å²) in [7, 11) is 1.47. The van der Waals surface area contributed by atoms with E-state index >= 15 is 0 Å². The highest BCUT2D eigenvalue weighted by Crippen LogP contribution is 2.19. The molecule has 0 aliphatic carbocycles. The molecule has 1 aromatic heterocycles. The molecule has 0 aliphatic rings. The molecule has 1 aromatic rings. The number of carbonyl (C=O) groups is 2. The lowest BCUT2D eigenvalue weighted by Gasteiger charge is -2.21. The quantitative estimate of drug-likeness (QED) is 0.859. The lowest BCUT2D eigenvalue weighted by atomic mass is 10.0. The van der Waals surface area contributed by atoms with Gasteiger partial charge in [-0.15, -0.1) is 0 Å². The fourth-order valence-corrected chi connectivity index (χ4v) is 1.59. The van der Waals surface area contributed by atoms with Gasteiger partial charge in [0.2, 0.25) is 0 Å². The molecular formula is C14H20N2O5. The molecule has 0 saturated heterocycles. The van der Waals surface area contributed by atoms with Crippen molar-refractivity contribution in [3.05, 3.63) is 24.0 Å². The van der Waals surface area contributed by atoms with E-state index in [1.54, 1.807) is 26.8 Å². The van der Waals surface area contributed by atoms with Crippen LogP contribution in [-0.2, 0) is 9.53 Å². The lowest BCUT2D eigenvalue weighted by molar-refractivity contribution is -0.138. The second-order valence-electron chi connectivity index (χ2n) is 5.43. The highest BCUT2D eigenvalue weighted by Gasteiger charge is 2.23. The minimum absolute atomic E-state index is 0.0981. The average Bonchev–Trinajstić information content (AvgIpc) is 2.36. The Bertz CT molecular complexity index is 510. The first kappa shape index (κ1) is 16.7. The fraction of sp³-hybridized carbons (Fsp3) is 0.500. The number of amides is 1. The van der Waals surface area contributed by atoms with E-state index in [2.05, 4.69) is 10.3 Å². The van der Waals surface area contributed by atoms with Gasteiger partial charge in [0.1, 0.15) is 17.3 Å². The van der Waals surface area contributed by atoms with Gasteiger partial charge in [-0.2, -0.15) is 0 Å². The smallest absolute Gasteiger partial charge is 0.407 e. The SMILES string of the molecule is COc1cncc(C(CNC(=O)OC(C)(C)C)C(=O)O)c1. The third-order valence-corrected chi connectivity index (χ3v) is 2.52. The van der Waals surface area contributed by atoms with Gasteiger partial charge in [-0.3, -0.25) is 9.78 Å². The summed E-state index contributed by atoms with van der Waals surface area (Å²) in [6.07, 6.45) is 2.24. The standard InChI is InChI=1S/C14H20N2O5/c1-14(2,3)21-13(19)16-8-11(12(17)18)9-5-10(20-4)7-15-6-9/h5-7,11H,8H2,1-4H3,(H,16,19)(H,17,18). The van der Waals surface area contributed by atoms with Crippen molar-refractivity contribution in [1.29, 1.82) is 0 Å². The first-order chi connectivity index (χ1) is 9.73. The summed E-state index contributed by atoms with van der Waals surface area (Å²) in [5, 5.41) is 11.7. The summed E-state index contributed by atoms with van der Waals surface area (Å²) in [6.45, 7) is 5.09. The second-order valence-corrected chi connectivity index (χ2v) is 5.43. The number of aliphatic carboxylic acids is 1. The summed E-state index contributed by atoms with van der Waals surface area (Å²) in [5.41, 5.74) is -0.196. The molecule has 0 aromatic carbocycles. The van der Waals surface area contributed by atoms with Gasteiger partial charge in [0, 0.05) is 12.7 Å². The number of rotatable bonds is 5. The van der Waals surface area contributed by atoms with E-state index in [9.17, 15) is 14.7 Å². The van der Waals surface area contributed by atoms with Gasteiger partial charge >= 0.3 is 12.1 Å². The zero-order valence-electron chi connectivity index (χ0n) is 12.5. The zero-order chi connectivity index (χ0) is 16.0. The summed E-state index contributed by atoms with van der Waals surface area (Å²) in [6, 6.07) is 1.57. The number of ether oxygens (including phenoxy) is 2. The number of methoxy groups -OCH3 is 1. The van der Waals surface area contributed by atoms with Crippen LogP contribution in [0, 0.1) is 0 Å². The number of carboxylic acid groups (broad SMARTS) is 1. The Morgan fingerprint density at radius 2 is 2.05 bits per heavy atom. The predicted molar refractivity (Wildman–Crippen MR) is 75.4 cm³/mol. The molecule has 1 atom stereocenters. The fourth-order valence-electron chi connectivity index (χ4n) is 1.59. The van der Waals surface area contributed by atoms with Gasteiger partial charge in [-0.1, -0.05) is 0 Å². The Labute approximate surface area is 123 Å². The number of nitrogens with one attached hydrogen (secondary N) is 1. The number of alkyl carbamates (subject to hydrolysis) is 1. The minimum Gasteiger partial charge on any atom is -0.495 e. The molecule has 0 saturated carbocycles. The van der Waals surface area contributed by atoms with Crippen LogP contribution in [0.2, 0.25) is 0 Å². The molecule has 21 heavy (non-hydrogen) atoms. The molecule has 1 rings (SSSR count).